The van der Waals surface area contributed by atoms with Crippen molar-refractivity contribution in [3.8, 4) is 17.1 Å². The predicted molar refractivity (Wildman–Crippen MR) is 166 cm³/mol. The summed E-state index contributed by atoms with van der Waals surface area (Å²) in [5, 5.41) is 3.43. The van der Waals surface area contributed by atoms with Crippen LogP contribution in [0.4, 0.5) is 14.6 Å². The standard InChI is InChI=1S/C31H29ClF2N6O2S/c1-18(33)30(41)40-12-11-39(16-20(40)15-35-2)29-23-14-24(32)26(22-7-4-8-25-21(22)9-13-43-25)27(34)28(23)36-31(37-29)42-17-19-6-5-10-38(19)3/h4,7-9,13-14,19-20H,1,5-6,10-12,15-17H2,3H3/t19-,20-/m0/s1. The van der Waals surface area contributed by atoms with Gasteiger partial charge in [0.2, 0.25) is 6.54 Å². The van der Waals surface area contributed by atoms with Gasteiger partial charge in [-0.1, -0.05) is 30.3 Å². The van der Waals surface area contributed by atoms with E-state index < -0.39 is 23.6 Å². The van der Waals surface area contributed by atoms with Crippen molar-refractivity contribution in [3.63, 3.8) is 0 Å². The maximum absolute atomic E-state index is 16.6. The van der Waals surface area contributed by atoms with Gasteiger partial charge in [0.1, 0.15) is 24.0 Å². The third-order valence-electron chi connectivity index (χ3n) is 8.26. The molecule has 2 atom stereocenters. The summed E-state index contributed by atoms with van der Waals surface area (Å²) in [6.45, 7) is 12.4. The average Bonchev–Trinajstić information content (AvgIpc) is 3.65. The molecule has 0 radical (unpaired) electrons. The monoisotopic (exact) mass is 622 g/mol. The SMILES string of the molecule is [C-]#[N+]C[C@H]1CN(c2nc(OC[C@@H]3CCCN3C)nc3c(F)c(-c4cccc5sccc45)c(Cl)cc23)CCN1C(=O)C(=C)F. The van der Waals surface area contributed by atoms with Crippen molar-refractivity contribution in [2.24, 2.45) is 0 Å². The molecule has 2 saturated heterocycles. The van der Waals surface area contributed by atoms with Gasteiger partial charge in [-0.05, 0) is 55.6 Å². The topological polar surface area (TPSA) is 66.2 Å². The van der Waals surface area contributed by atoms with Crippen LogP contribution in [0, 0.1) is 12.4 Å². The van der Waals surface area contributed by atoms with E-state index in [0.717, 1.165) is 29.5 Å². The van der Waals surface area contributed by atoms with Crippen molar-refractivity contribution >= 4 is 55.7 Å². The minimum Gasteiger partial charge on any atom is -0.462 e. The number of nitrogens with zero attached hydrogens (tertiary/aromatic N) is 6. The molecule has 6 rings (SSSR count). The van der Waals surface area contributed by atoms with Crippen molar-refractivity contribution in [1.82, 2.24) is 19.8 Å². The number of amides is 1. The van der Waals surface area contributed by atoms with Gasteiger partial charge in [-0.3, -0.25) is 4.79 Å². The molecular weight excluding hydrogens is 594 g/mol. The Morgan fingerprint density at radius 2 is 2.07 bits per heavy atom. The van der Waals surface area contributed by atoms with Gasteiger partial charge in [-0.2, -0.15) is 9.97 Å². The van der Waals surface area contributed by atoms with E-state index in [4.69, 9.17) is 27.9 Å². The first-order valence-electron chi connectivity index (χ1n) is 14.0. The smallest absolute Gasteiger partial charge is 0.319 e. The Balaban J connectivity index is 1.46. The maximum atomic E-state index is 16.6. The number of anilines is 1. The number of carbonyl (C=O) groups excluding carboxylic acids is 1. The number of rotatable bonds is 7. The first-order valence-corrected chi connectivity index (χ1v) is 15.3. The van der Waals surface area contributed by atoms with E-state index in [1.54, 1.807) is 17.4 Å². The van der Waals surface area contributed by atoms with Gasteiger partial charge < -0.3 is 24.3 Å². The molecular formula is C31H29ClF2N6O2S. The minimum atomic E-state index is -1.08. The summed E-state index contributed by atoms with van der Waals surface area (Å²) in [4.78, 5) is 30.6. The fraction of sp³-hybridized carbons (Fsp3) is 0.355. The van der Waals surface area contributed by atoms with Crippen LogP contribution < -0.4 is 9.64 Å². The third-order valence-corrected chi connectivity index (χ3v) is 9.44. The maximum Gasteiger partial charge on any atom is 0.319 e. The van der Waals surface area contributed by atoms with Crippen molar-refractivity contribution in [2.75, 3.05) is 51.3 Å². The van der Waals surface area contributed by atoms with Crippen LogP contribution in [0.2, 0.25) is 5.02 Å². The molecule has 0 aliphatic carbocycles. The number of thiophene rings is 1. The number of fused-ring (bicyclic) bond motifs is 2. The second-order valence-electron chi connectivity index (χ2n) is 10.8. The molecule has 0 bridgehead atoms. The quantitative estimate of drug-likeness (QED) is 0.181. The number of aromatic nitrogens is 2. The van der Waals surface area contributed by atoms with Crippen molar-refractivity contribution in [3.05, 3.63) is 70.4 Å². The van der Waals surface area contributed by atoms with E-state index in [2.05, 4.69) is 21.3 Å². The second-order valence-corrected chi connectivity index (χ2v) is 12.2. The summed E-state index contributed by atoms with van der Waals surface area (Å²) >= 11 is 8.37. The predicted octanol–water partition coefficient (Wildman–Crippen LogP) is 6.20. The minimum absolute atomic E-state index is 0.0288. The molecule has 4 heterocycles. The first kappa shape index (κ1) is 29.2. The first-order chi connectivity index (χ1) is 20.8. The number of benzene rings is 2. The summed E-state index contributed by atoms with van der Waals surface area (Å²) in [5.74, 6) is -2.13. The molecule has 0 saturated carbocycles. The summed E-state index contributed by atoms with van der Waals surface area (Å²) in [6, 6.07) is 8.89. The molecule has 1 amide bonds. The number of piperazine rings is 1. The largest absolute Gasteiger partial charge is 0.462 e. The summed E-state index contributed by atoms with van der Waals surface area (Å²) in [7, 11) is 2.04. The summed E-state index contributed by atoms with van der Waals surface area (Å²) < 4.78 is 37.5. The molecule has 8 nitrogen and oxygen atoms in total. The van der Waals surface area contributed by atoms with Gasteiger partial charge in [-0.15, -0.1) is 11.3 Å². The highest BCUT2D eigenvalue weighted by molar-refractivity contribution is 7.17. The zero-order valence-corrected chi connectivity index (χ0v) is 25.1. The number of ether oxygens (including phenoxy) is 1. The molecule has 2 aromatic heterocycles. The van der Waals surface area contributed by atoms with Crippen LogP contribution in [-0.4, -0.2) is 84.1 Å². The Kier molecular flexibility index (Phi) is 8.18. The van der Waals surface area contributed by atoms with E-state index in [-0.39, 0.29) is 54.3 Å². The van der Waals surface area contributed by atoms with E-state index in [9.17, 15) is 9.18 Å². The Morgan fingerprint density at radius 1 is 1.23 bits per heavy atom. The van der Waals surface area contributed by atoms with Crippen LogP contribution in [0.15, 0.2) is 48.1 Å². The highest BCUT2D eigenvalue weighted by Crippen LogP contribution is 2.42. The van der Waals surface area contributed by atoms with Crippen molar-refractivity contribution < 1.29 is 18.3 Å². The van der Waals surface area contributed by atoms with Gasteiger partial charge in [0.05, 0.1) is 5.02 Å². The van der Waals surface area contributed by atoms with E-state index in [1.807, 2.05) is 41.6 Å². The van der Waals surface area contributed by atoms with E-state index in [0.29, 0.717) is 23.4 Å². The number of likely N-dealkylation sites (tertiary alicyclic amines) is 1. The molecule has 12 heteroatoms. The summed E-state index contributed by atoms with van der Waals surface area (Å²) in [5.41, 5.74) is 0.963. The molecule has 2 fully saturated rings. The molecule has 4 aromatic rings. The van der Waals surface area contributed by atoms with Crippen LogP contribution in [0.25, 0.3) is 37.0 Å². The molecule has 0 N–H and O–H groups in total. The van der Waals surface area contributed by atoms with Gasteiger partial charge in [0.25, 0.3) is 5.91 Å². The fourth-order valence-electron chi connectivity index (χ4n) is 6.02. The van der Waals surface area contributed by atoms with Gasteiger partial charge >= 0.3 is 6.01 Å². The number of carbonyl (C=O) groups is 1. The number of hydrogen-bond donors (Lipinski definition) is 0. The van der Waals surface area contributed by atoms with Crippen LogP contribution >= 0.6 is 22.9 Å². The highest BCUT2D eigenvalue weighted by atomic mass is 35.5. The molecule has 222 valence electrons. The Labute approximate surface area is 256 Å². The van der Waals surface area contributed by atoms with Crippen LogP contribution in [0.5, 0.6) is 6.01 Å². The second kappa shape index (κ2) is 12.0. The lowest BCUT2D eigenvalue weighted by Gasteiger charge is -2.39. The molecule has 2 aliphatic heterocycles. The average molecular weight is 623 g/mol. The van der Waals surface area contributed by atoms with Crippen molar-refractivity contribution in [2.45, 2.75) is 24.9 Å². The molecule has 2 aromatic carbocycles. The number of hydrogen-bond acceptors (Lipinski definition) is 7. The Morgan fingerprint density at radius 3 is 2.81 bits per heavy atom. The number of likely N-dealkylation sites (N-methyl/N-ethyl adjacent to an activating group) is 1. The zero-order chi connectivity index (χ0) is 30.2. The lowest BCUT2D eigenvalue weighted by Crippen LogP contribution is -2.56. The van der Waals surface area contributed by atoms with Crippen LogP contribution in [0.1, 0.15) is 12.8 Å². The van der Waals surface area contributed by atoms with Crippen LogP contribution in [-0.2, 0) is 4.79 Å². The molecule has 2 aliphatic rings. The zero-order valence-electron chi connectivity index (χ0n) is 23.5. The Hall–Kier alpha value is -3.85. The van der Waals surface area contributed by atoms with E-state index >= 15 is 4.39 Å². The van der Waals surface area contributed by atoms with Gasteiger partial charge in [-0.25, -0.2) is 15.4 Å². The molecule has 0 unspecified atom stereocenters. The summed E-state index contributed by atoms with van der Waals surface area (Å²) in [6.07, 6.45) is 2.04. The van der Waals surface area contributed by atoms with Crippen molar-refractivity contribution in [1.29, 1.82) is 0 Å². The van der Waals surface area contributed by atoms with Gasteiger partial charge in [0, 0.05) is 46.7 Å². The van der Waals surface area contributed by atoms with Gasteiger partial charge in [0.15, 0.2) is 11.6 Å². The Bertz CT molecular complexity index is 1770. The number of halogens is 3. The fourth-order valence-corrected chi connectivity index (χ4v) is 7.12. The van der Waals surface area contributed by atoms with Crippen LogP contribution in [0.3, 0.4) is 0 Å². The van der Waals surface area contributed by atoms with E-state index in [1.165, 1.54) is 4.90 Å². The normalized spacial score (nSPS) is 19.2. The molecule has 0 spiro atoms. The lowest BCUT2D eigenvalue weighted by molar-refractivity contribution is -0.131. The third kappa shape index (κ3) is 5.51. The lowest BCUT2D eigenvalue weighted by atomic mass is 9.99. The highest BCUT2D eigenvalue weighted by Gasteiger charge is 2.35. The molecule has 43 heavy (non-hydrogen) atoms.